The minimum atomic E-state index is -0.460. The van der Waals surface area contributed by atoms with E-state index in [9.17, 15) is 10.1 Å². The van der Waals surface area contributed by atoms with Gasteiger partial charge in [-0.3, -0.25) is 0 Å². The third kappa shape index (κ3) is 2.64. The van der Waals surface area contributed by atoms with Crippen LogP contribution in [0.5, 0.6) is 0 Å². The number of aromatic nitrogens is 2. The molecule has 0 spiro atoms. The Balaban J connectivity index is 2.89. The first-order chi connectivity index (χ1) is 6.00. The van der Waals surface area contributed by atoms with E-state index in [4.69, 9.17) is 0 Å². The van der Waals surface area contributed by atoms with E-state index >= 15 is 0 Å². The van der Waals surface area contributed by atoms with Crippen LogP contribution in [0.1, 0.15) is 13.8 Å². The van der Waals surface area contributed by atoms with E-state index in [1.807, 2.05) is 36.4 Å². The standard InChI is InChI=1S/C7H10IN3O2/c1-5(2)3-10-4-6(8)7(9-10)11(12)13/h4-5H,3H2,1-2H3. The SMILES string of the molecule is CC(C)Cn1cc(I)c([N+](=O)[O-])n1. The Morgan fingerprint density at radius 2 is 2.38 bits per heavy atom. The summed E-state index contributed by atoms with van der Waals surface area (Å²) in [6.45, 7) is 4.80. The molecule has 0 amide bonds. The molecule has 1 aromatic heterocycles. The highest BCUT2D eigenvalue weighted by Crippen LogP contribution is 2.18. The van der Waals surface area contributed by atoms with E-state index in [0.29, 0.717) is 16.0 Å². The lowest BCUT2D eigenvalue weighted by Gasteiger charge is -1.98. The summed E-state index contributed by atoms with van der Waals surface area (Å²) in [5, 5.41) is 14.3. The Kier molecular flexibility index (Phi) is 3.23. The molecule has 0 aliphatic heterocycles. The number of nitro groups is 1. The van der Waals surface area contributed by atoms with Gasteiger partial charge in [0, 0.05) is 0 Å². The first-order valence-electron chi connectivity index (χ1n) is 3.88. The van der Waals surface area contributed by atoms with Crippen LogP contribution in [0.3, 0.4) is 0 Å². The molecule has 0 radical (unpaired) electrons. The topological polar surface area (TPSA) is 61.0 Å². The zero-order valence-electron chi connectivity index (χ0n) is 7.40. The van der Waals surface area contributed by atoms with E-state index in [2.05, 4.69) is 5.10 Å². The van der Waals surface area contributed by atoms with Gasteiger partial charge in [0.1, 0.15) is 3.57 Å². The second-order valence-electron chi connectivity index (χ2n) is 3.17. The van der Waals surface area contributed by atoms with Crippen molar-refractivity contribution in [3.8, 4) is 0 Å². The highest BCUT2D eigenvalue weighted by Gasteiger charge is 2.18. The van der Waals surface area contributed by atoms with Crippen molar-refractivity contribution in [2.75, 3.05) is 0 Å². The molecule has 1 heterocycles. The zero-order valence-corrected chi connectivity index (χ0v) is 9.56. The quantitative estimate of drug-likeness (QED) is 0.487. The molecule has 0 aromatic carbocycles. The van der Waals surface area contributed by atoms with Crippen LogP contribution in [0.15, 0.2) is 6.20 Å². The summed E-state index contributed by atoms with van der Waals surface area (Å²) in [7, 11) is 0. The van der Waals surface area contributed by atoms with Gasteiger partial charge in [0.05, 0.1) is 17.8 Å². The Morgan fingerprint density at radius 1 is 1.77 bits per heavy atom. The summed E-state index contributed by atoms with van der Waals surface area (Å²) in [5.74, 6) is 0.386. The molecule has 6 heteroatoms. The summed E-state index contributed by atoms with van der Waals surface area (Å²) in [6, 6.07) is 0. The molecule has 72 valence electrons. The first kappa shape index (κ1) is 10.4. The zero-order chi connectivity index (χ0) is 10.0. The summed E-state index contributed by atoms with van der Waals surface area (Å²) in [6.07, 6.45) is 1.69. The third-order valence-electron chi connectivity index (χ3n) is 1.42. The normalized spacial score (nSPS) is 10.8. The van der Waals surface area contributed by atoms with E-state index in [-0.39, 0.29) is 5.82 Å². The van der Waals surface area contributed by atoms with Gasteiger partial charge in [-0.2, -0.15) is 4.68 Å². The minimum absolute atomic E-state index is 0.0544. The average molecular weight is 295 g/mol. The number of halogens is 1. The van der Waals surface area contributed by atoms with E-state index < -0.39 is 4.92 Å². The maximum Gasteiger partial charge on any atom is 0.403 e. The molecular weight excluding hydrogens is 285 g/mol. The highest BCUT2D eigenvalue weighted by molar-refractivity contribution is 14.1. The lowest BCUT2D eigenvalue weighted by Crippen LogP contribution is -2.05. The fourth-order valence-corrected chi connectivity index (χ4v) is 1.60. The fourth-order valence-electron chi connectivity index (χ4n) is 0.978. The monoisotopic (exact) mass is 295 g/mol. The van der Waals surface area contributed by atoms with Crippen LogP contribution in [0, 0.1) is 19.6 Å². The number of hydrogen-bond acceptors (Lipinski definition) is 3. The van der Waals surface area contributed by atoms with E-state index in [1.165, 1.54) is 0 Å². The van der Waals surface area contributed by atoms with Gasteiger partial charge in [0.2, 0.25) is 0 Å². The van der Waals surface area contributed by atoms with Gasteiger partial charge in [0.25, 0.3) is 0 Å². The van der Waals surface area contributed by atoms with Crippen molar-refractivity contribution >= 4 is 28.4 Å². The number of hydrogen-bond donors (Lipinski definition) is 0. The third-order valence-corrected chi connectivity index (χ3v) is 2.19. The van der Waals surface area contributed by atoms with Crippen LogP contribution in [-0.2, 0) is 6.54 Å². The van der Waals surface area contributed by atoms with Crippen LogP contribution in [0.4, 0.5) is 5.82 Å². The summed E-state index contributed by atoms with van der Waals surface area (Å²) >= 11 is 1.92. The number of nitrogens with zero attached hydrogens (tertiary/aromatic N) is 3. The van der Waals surface area contributed by atoms with E-state index in [0.717, 1.165) is 0 Å². The van der Waals surface area contributed by atoms with Gasteiger partial charge in [-0.15, -0.1) is 0 Å². The van der Waals surface area contributed by atoms with Gasteiger partial charge in [-0.1, -0.05) is 13.8 Å². The molecule has 5 nitrogen and oxygen atoms in total. The molecule has 0 saturated heterocycles. The van der Waals surface area contributed by atoms with Gasteiger partial charge >= 0.3 is 5.82 Å². The Labute approximate surface area is 89.4 Å². The molecule has 0 unspecified atom stereocenters. The lowest BCUT2D eigenvalue weighted by atomic mass is 10.2. The molecule has 0 fully saturated rings. The van der Waals surface area contributed by atoms with Crippen molar-refractivity contribution in [1.29, 1.82) is 0 Å². The van der Waals surface area contributed by atoms with Crippen LogP contribution < -0.4 is 0 Å². The van der Waals surface area contributed by atoms with Crippen LogP contribution in [0.25, 0.3) is 0 Å². The van der Waals surface area contributed by atoms with Crippen LogP contribution in [-0.4, -0.2) is 14.7 Å². The predicted molar refractivity (Wildman–Crippen MR) is 56.4 cm³/mol. The fraction of sp³-hybridized carbons (Fsp3) is 0.571. The summed E-state index contributed by atoms with van der Waals surface area (Å²) in [5.41, 5.74) is 0. The Hall–Kier alpha value is -0.660. The Bertz CT molecular complexity index is 322. The molecule has 1 rings (SSSR count). The van der Waals surface area contributed by atoms with Crippen LogP contribution in [0.2, 0.25) is 0 Å². The smallest absolute Gasteiger partial charge is 0.358 e. The highest BCUT2D eigenvalue weighted by atomic mass is 127. The average Bonchev–Trinajstić information content (AvgIpc) is 2.29. The Morgan fingerprint density at radius 3 is 2.77 bits per heavy atom. The van der Waals surface area contributed by atoms with Gasteiger partial charge in [0.15, 0.2) is 0 Å². The maximum atomic E-state index is 10.4. The second kappa shape index (κ2) is 4.03. The molecule has 1 aromatic rings. The largest absolute Gasteiger partial charge is 0.403 e. The van der Waals surface area contributed by atoms with Crippen molar-refractivity contribution < 1.29 is 4.92 Å². The molecule has 0 aliphatic rings. The molecule has 0 bridgehead atoms. The van der Waals surface area contributed by atoms with Crippen molar-refractivity contribution in [1.82, 2.24) is 9.78 Å². The molecule has 0 aliphatic carbocycles. The van der Waals surface area contributed by atoms with Gasteiger partial charge < -0.3 is 10.1 Å². The predicted octanol–water partition coefficient (Wildman–Crippen LogP) is 2.05. The van der Waals surface area contributed by atoms with Crippen LogP contribution >= 0.6 is 22.6 Å². The van der Waals surface area contributed by atoms with Crippen molar-refractivity contribution in [3.63, 3.8) is 0 Å². The second-order valence-corrected chi connectivity index (χ2v) is 4.34. The minimum Gasteiger partial charge on any atom is -0.358 e. The molecule has 0 saturated carbocycles. The summed E-state index contributed by atoms with van der Waals surface area (Å²) in [4.78, 5) is 9.99. The van der Waals surface area contributed by atoms with Crippen molar-refractivity contribution in [2.24, 2.45) is 5.92 Å². The van der Waals surface area contributed by atoms with E-state index in [1.54, 1.807) is 10.9 Å². The lowest BCUT2D eigenvalue weighted by molar-refractivity contribution is -0.390. The molecule has 0 atom stereocenters. The summed E-state index contributed by atoms with van der Waals surface area (Å²) < 4.78 is 2.20. The number of rotatable bonds is 3. The molecule has 13 heavy (non-hydrogen) atoms. The molecular formula is C7H10IN3O2. The first-order valence-corrected chi connectivity index (χ1v) is 4.96. The maximum absolute atomic E-state index is 10.4. The van der Waals surface area contributed by atoms with Gasteiger partial charge in [-0.25, -0.2) is 0 Å². The van der Waals surface area contributed by atoms with Crippen molar-refractivity contribution in [2.45, 2.75) is 20.4 Å². The van der Waals surface area contributed by atoms with Gasteiger partial charge in [-0.05, 0) is 33.4 Å². The molecule has 0 N–H and O–H groups in total. The van der Waals surface area contributed by atoms with Crippen molar-refractivity contribution in [3.05, 3.63) is 19.9 Å².